The summed E-state index contributed by atoms with van der Waals surface area (Å²) in [5.74, 6) is 2.07. The number of ether oxygens (including phenoxy) is 1. The molecule has 0 amide bonds. The standard InChI is InChI=1S/C19H17N5O2S/c1-2-25-17-11-7-6-10-16(17)24-19(20-22-23-24)27-13-15-12-18(26-21-15)14-8-4-3-5-9-14/h3-12H,2,13H2,1H3. The third-order valence-corrected chi connectivity index (χ3v) is 4.75. The van der Waals surface area contributed by atoms with E-state index in [-0.39, 0.29) is 0 Å². The number of hydrogen-bond acceptors (Lipinski definition) is 7. The van der Waals surface area contributed by atoms with Crippen molar-refractivity contribution in [3.63, 3.8) is 0 Å². The fourth-order valence-corrected chi connectivity index (χ4v) is 3.35. The van der Waals surface area contributed by atoms with Gasteiger partial charge in [0, 0.05) is 17.4 Å². The van der Waals surface area contributed by atoms with Gasteiger partial charge in [-0.3, -0.25) is 0 Å². The number of nitrogens with zero attached hydrogens (tertiary/aromatic N) is 5. The van der Waals surface area contributed by atoms with Crippen molar-refractivity contribution in [3.05, 3.63) is 66.4 Å². The minimum atomic E-state index is 0.572. The van der Waals surface area contributed by atoms with Crippen molar-refractivity contribution in [2.45, 2.75) is 17.8 Å². The Labute approximate surface area is 160 Å². The van der Waals surface area contributed by atoms with E-state index in [0.717, 1.165) is 28.5 Å². The fraction of sp³-hybridized carbons (Fsp3) is 0.158. The Hall–Kier alpha value is -3.13. The maximum absolute atomic E-state index is 5.68. The van der Waals surface area contributed by atoms with Gasteiger partial charge in [-0.25, -0.2) is 0 Å². The molecule has 136 valence electrons. The van der Waals surface area contributed by atoms with E-state index in [4.69, 9.17) is 9.26 Å². The van der Waals surface area contributed by atoms with Crippen LogP contribution in [-0.2, 0) is 5.75 Å². The lowest BCUT2D eigenvalue weighted by Gasteiger charge is -2.10. The van der Waals surface area contributed by atoms with Crippen molar-refractivity contribution in [1.82, 2.24) is 25.4 Å². The number of benzene rings is 2. The van der Waals surface area contributed by atoms with Gasteiger partial charge in [0.2, 0.25) is 5.16 Å². The smallest absolute Gasteiger partial charge is 0.214 e. The molecule has 8 heteroatoms. The molecular weight excluding hydrogens is 362 g/mol. The first-order valence-electron chi connectivity index (χ1n) is 8.49. The molecule has 4 aromatic rings. The Bertz CT molecular complexity index is 1020. The molecule has 0 unspecified atom stereocenters. The molecule has 27 heavy (non-hydrogen) atoms. The normalized spacial score (nSPS) is 10.9. The minimum absolute atomic E-state index is 0.572. The molecule has 2 aromatic heterocycles. The average molecular weight is 379 g/mol. The molecular formula is C19H17N5O2S. The van der Waals surface area contributed by atoms with E-state index in [9.17, 15) is 0 Å². The van der Waals surface area contributed by atoms with E-state index in [1.807, 2.05) is 67.6 Å². The molecule has 0 radical (unpaired) electrons. The highest BCUT2D eigenvalue weighted by Crippen LogP contribution is 2.28. The molecule has 0 saturated carbocycles. The predicted octanol–water partition coefficient (Wildman–Crippen LogP) is 4.01. The SMILES string of the molecule is CCOc1ccccc1-n1nnnc1SCc1cc(-c2ccccc2)on1. The van der Waals surface area contributed by atoms with Crippen LogP contribution in [0.1, 0.15) is 12.6 Å². The van der Waals surface area contributed by atoms with Crippen LogP contribution in [0.15, 0.2) is 70.3 Å². The summed E-state index contributed by atoms with van der Waals surface area (Å²) in [5, 5.41) is 16.8. The van der Waals surface area contributed by atoms with E-state index in [1.165, 1.54) is 11.8 Å². The molecule has 0 bridgehead atoms. The molecule has 0 aliphatic rings. The summed E-state index contributed by atoms with van der Waals surface area (Å²) in [6.07, 6.45) is 0. The summed E-state index contributed by atoms with van der Waals surface area (Å²) in [7, 11) is 0. The van der Waals surface area contributed by atoms with Crippen LogP contribution in [0.4, 0.5) is 0 Å². The summed E-state index contributed by atoms with van der Waals surface area (Å²) in [4.78, 5) is 0. The van der Waals surface area contributed by atoms with Crippen LogP contribution < -0.4 is 4.74 Å². The van der Waals surface area contributed by atoms with E-state index < -0.39 is 0 Å². The Morgan fingerprint density at radius 3 is 2.74 bits per heavy atom. The highest BCUT2D eigenvalue weighted by Gasteiger charge is 2.14. The average Bonchev–Trinajstić information content (AvgIpc) is 3.37. The molecule has 0 aliphatic heterocycles. The second kappa shape index (κ2) is 8.05. The van der Waals surface area contributed by atoms with Gasteiger partial charge in [-0.1, -0.05) is 59.4 Å². The van der Waals surface area contributed by atoms with Crippen LogP contribution in [0, 0.1) is 0 Å². The van der Waals surface area contributed by atoms with Crippen LogP contribution in [0.5, 0.6) is 5.75 Å². The Morgan fingerprint density at radius 2 is 1.89 bits per heavy atom. The maximum atomic E-state index is 5.68. The van der Waals surface area contributed by atoms with Crippen molar-refractivity contribution < 1.29 is 9.26 Å². The zero-order valence-electron chi connectivity index (χ0n) is 14.6. The molecule has 4 rings (SSSR count). The van der Waals surface area contributed by atoms with Crippen molar-refractivity contribution >= 4 is 11.8 Å². The van der Waals surface area contributed by atoms with Gasteiger partial charge in [0.05, 0.1) is 12.3 Å². The fourth-order valence-electron chi connectivity index (χ4n) is 2.59. The number of thioether (sulfide) groups is 1. The van der Waals surface area contributed by atoms with Crippen LogP contribution in [0.3, 0.4) is 0 Å². The zero-order valence-corrected chi connectivity index (χ0v) is 15.5. The Morgan fingerprint density at radius 1 is 1.07 bits per heavy atom. The monoisotopic (exact) mass is 379 g/mol. The third-order valence-electron chi connectivity index (χ3n) is 3.80. The molecule has 0 N–H and O–H groups in total. The van der Waals surface area contributed by atoms with Crippen LogP contribution in [-0.4, -0.2) is 32.0 Å². The summed E-state index contributed by atoms with van der Waals surface area (Å²) in [6, 6.07) is 19.5. The summed E-state index contributed by atoms with van der Waals surface area (Å²) >= 11 is 1.49. The zero-order chi connectivity index (χ0) is 18.5. The molecule has 2 heterocycles. The molecule has 0 aliphatic carbocycles. The van der Waals surface area contributed by atoms with Crippen molar-refractivity contribution in [2.75, 3.05) is 6.61 Å². The van der Waals surface area contributed by atoms with E-state index in [2.05, 4.69) is 20.7 Å². The van der Waals surface area contributed by atoms with Crippen LogP contribution >= 0.6 is 11.8 Å². The topological polar surface area (TPSA) is 78.9 Å². The molecule has 0 fully saturated rings. The molecule has 2 aromatic carbocycles. The van der Waals surface area contributed by atoms with Gasteiger partial charge in [-0.2, -0.15) is 4.68 Å². The first-order valence-corrected chi connectivity index (χ1v) is 9.48. The van der Waals surface area contributed by atoms with Gasteiger partial charge in [-0.05, 0) is 29.5 Å². The number of aromatic nitrogens is 5. The number of rotatable bonds is 7. The maximum Gasteiger partial charge on any atom is 0.214 e. The van der Waals surface area contributed by atoms with E-state index in [1.54, 1.807) is 4.68 Å². The van der Waals surface area contributed by atoms with Crippen LogP contribution in [0.2, 0.25) is 0 Å². The van der Waals surface area contributed by atoms with Crippen molar-refractivity contribution in [3.8, 4) is 22.8 Å². The van der Waals surface area contributed by atoms with Crippen molar-refractivity contribution in [2.24, 2.45) is 0 Å². The highest BCUT2D eigenvalue weighted by atomic mass is 32.2. The number of para-hydroxylation sites is 2. The first-order chi connectivity index (χ1) is 13.3. The molecule has 0 atom stereocenters. The van der Waals surface area contributed by atoms with Gasteiger partial charge >= 0.3 is 0 Å². The minimum Gasteiger partial charge on any atom is -0.492 e. The first kappa shape index (κ1) is 17.3. The summed E-state index contributed by atoms with van der Waals surface area (Å²) in [5.41, 5.74) is 2.63. The van der Waals surface area contributed by atoms with Crippen molar-refractivity contribution in [1.29, 1.82) is 0 Å². The highest BCUT2D eigenvalue weighted by molar-refractivity contribution is 7.98. The molecule has 0 saturated heterocycles. The van der Waals surface area contributed by atoms with Gasteiger partial charge in [0.15, 0.2) is 5.76 Å². The number of hydrogen-bond donors (Lipinski definition) is 0. The van der Waals surface area contributed by atoms with Gasteiger partial charge in [0.1, 0.15) is 11.4 Å². The Kier molecular flexibility index (Phi) is 5.15. The Balaban J connectivity index is 1.51. The number of tetrazole rings is 1. The predicted molar refractivity (Wildman–Crippen MR) is 102 cm³/mol. The van der Waals surface area contributed by atoms with Gasteiger partial charge in [0.25, 0.3) is 0 Å². The summed E-state index contributed by atoms with van der Waals surface area (Å²) < 4.78 is 12.8. The molecule has 7 nitrogen and oxygen atoms in total. The lowest BCUT2D eigenvalue weighted by molar-refractivity contribution is 0.337. The van der Waals surface area contributed by atoms with E-state index in [0.29, 0.717) is 17.5 Å². The van der Waals surface area contributed by atoms with E-state index >= 15 is 0 Å². The van der Waals surface area contributed by atoms with Gasteiger partial charge < -0.3 is 9.26 Å². The second-order valence-corrected chi connectivity index (χ2v) is 6.55. The largest absolute Gasteiger partial charge is 0.492 e. The quantitative estimate of drug-likeness (QED) is 0.449. The van der Waals surface area contributed by atoms with Gasteiger partial charge in [-0.15, -0.1) is 5.10 Å². The van der Waals surface area contributed by atoms with Crippen LogP contribution in [0.25, 0.3) is 17.0 Å². The second-order valence-electron chi connectivity index (χ2n) is 5.61. The third kappa shape index (κ3) is 3.85. The lowest BCUT2D eigenvalue weighted by Crippen LogP contribution is -2.03. The summed E-state index contributed by atoms with van der Waals surface area (Å²) in [6.45, 7) is 2.52. The lowest BCUT2D eigenvalue weighted by atomic mass is 10.2. The molecule has 0 spiro atoms.